The Kier molecular flexibility index (Phi) is 4.99. The quantitative estimate of drug-likeness (QED) is 0.497. The Labute approximate surface area is 134 Å². The van der Waals surface area contributed by atoms with Gasteiger partial charge in [-0.2, -0.15) is 5.10 Å². The molecule has 0 bridgehead atoms. The molecule has 1 heterocycles. The van der Waals surface area contributed by atoms with Crippen LogP contribution in [0.3, 0.4) is 0 Å². The lowest BCUT2D eigenvalue weighted by atomic mass is 10.2. The average molecular weight is 366 g/mol. The molecule has 9 heteroatoms. The number of imidazole rings is 1. The summed E-state index contributed by atoms with van der Waals surface area (Å²) in [5.41, 5.74) is 3.14. The molecule has 22 heavy (non-hydrogen) atoms. The maximum atomic E-state index is 11.8. The lowest BCUT2D eigenvalue weighted by molar-refractivity contribution is -0.392. The largest absolute Gasteiger partial charge is 0.358 e. The first kappa shape index (κ1) is 15.8. The first-order valence-corrected chi connectivity index (χ1v) is 7.00. The van der Waals surface area contributed by atoms with Crippen LogP contribution in [0.5, 0.6) is 0 Å². The summed E-state index contributed by atoms with van der Waals surface area (Å²) in [6.07, 6.45) is 2.60. The second kappa shape index (κ2) is 6.94. The molecular formula is C13H12BrN5O3. The van der Waals surface area contributed by atoms with Crippen LogP contribution in [0.2, 0.25) is 0 Å². The zero-order valence-corrected chi connectivity index (χ0v) is 13.1. The van der Waals surface area contributed by atoms with Crippen LogP contribution in [-0.2, 0) is 11.3 Å². The number of carbonyl (C=O) groups excluding carboxylic acids is 1. The monoisotopic (exact) mass is 365 g/mol. The molecule has 1 N–H and O–H groups in total. The van der Waals surface area contributed by atoms with Gasteiger partial charge >= 0.3 is 5.82 Å². The van der Waals surface area contributed by atoms with Gasteiger partial charge < -0.3 is 10.1 Å². The number of carbonyl (C=O) groups is 1. The smallest absolute Gasteiger partial charge is 0.343 e. The molecule has 0 spiro atoms. The van der Waals surface area contributed by atoms with E-state index >= 15 is 0 Å². The molecule has 1 aromatic carbocycles. The van der Waals surface area contributed by atoms with Gasteiger partial charge in [0.25, 0.3) is 5.91 Å². The molecule has 0 saturated carbocycles. The van der Waals surface area contributed by atoms with Gasteiger partial charge in [-0.05, 0) is 22.6 Å². The minimum atomic E-state index is -0.585. The lowest BCUT2D eigenvalue weighted by Gasteiger charge is -2.01. The minimum absolute atomic E-state index is 0.222. The van der Waals surface area contributed by atoms with E-state index in [-0.39, 0.29) is 12.4 Å². The molecule has 2 aromatic rings. The number of nitrogens with one attached hydrogen (secondary N) is 1. The van der Waals surface area contributed by atoms with Crippen LogP contribution in [-0.4, -0.2) is 26.6 Å². The van der Waals surface area contributed by atoms with E-state index < -0.39 is 10.8 Å². The van der Waals surface area contributed by atoms with Gasteiger partial charge in [-0.1, -0.05) is 28.1 Å². The van der Waals surface area contributed by atoms with Crippen molar-refractivity contribution in [3.05, 3.63) is 56.4 Å². The van der Waals surface area contributed by atoms with Gasteiger partial charge in [-0.3, -0.25) is 4.79 Å². The second-order valence-corrected chi connectivity index (χ2v) is 5.27. The fourth-order valence-electron chi connectivity index (χ4n) is 1.70. The molecule has 0 unspecified atom stereocenters. The summed E-state index contributed by atoms with van der Waals surface area (Å²) in [7, 11) is 0. The molecule has 8 nitrogen and oxygen atoms in total. The van der Waals surface area contributed by atoms with Crippen LogP contribution in [0, 0.1) is 17.0 Å². The van der Waals surface area contributed by atoms with Gasteiger partial charge in [0.15, 0.2) is 12.4 Å². The zero-order chi connectivity index (χ0) is 16.1. The van der Waals surface area contributed by atoms with Gasteiger partial charge in [-0.15, -0.1) is 0 Å². The van der Waals surface area contributed by atoms with Crippen molar-refractivity contribution in [3.8, 4) is 0 Å². The molecule has 0 saturated heterocycles. The molecule has 1 amide bonds. The number of halogens is 1. The number of aromatic nitrogens is 2. The maximum absolute atomic E-state index is 11.8. The molecule has 0 fully saturated rings. The molecule has 0 radical (unpaired) electrons. The number of hydrazone groups is 1. The van der Waals surface area contributed by atoms with E-state index in [0.29, 0.717) is 5.82 Å². The first-order valence-electron chi connectivity index (χ1n) is 6.21. The Morgan fingerprint density at radius 1 is 1.50 bits per heavy atom. The zero-order valence-electron chi connectivity index (χ0n) is 11.6. The highest BCUT2D eigenvalue weighted by atomic mass is 79.9. The van der Waals surface area contributed by atoms with Crippen molar-refractivity contribution in [2.75, 3.05) is 0 Å². The van der Waals surface area contributed by atoms with E-state index in [1.165, 1.54) is 10.8 Å². The van der Waals surface area contributed by atoms with Crippen LogP contribution in [0.15, 0.2) is 40.0 Å². The van der Waals surface area contributed by atoms with Gasteiger partial charge in [0.1, 0.15) is 6.20 Å². The summed E-state index contributed by atoms with van der Waals surface area (Å²) in [5, 5.41) is 14.6. The fraction of sp³-hybridized carbons (Fsp3) is 0.154. The number of hydrogen-bond donors (Lipinski definition) is 1. The van der Waals surface area contributed by atoms with Gasteiger partial charge in [0.05, 0.1) is 6.21 Å². The third-order valence-electron chi connectivity index (χ3n) is 2.80. The van der Waals surface area contributed by atoms with E-state index in [4.69, 9.17) is 0 Å². The average Bonchev–Trinajstić information content (AvgIpc) is 2.82. The van der Waals surface area contributed by atoms with Crippen molar-refractivity contribution >= 4 is 33.9 Å². The molecule has 2 rings (SSSR count). The predicted molar refractivity (Wildman–Crippen MR) is 83.5 cm³/mol. The lowest BCUT2D eigenvalue weighted by Crippen LogP contribution is -2.24. The van der Waals surface area contributed by atoms with Crippen LogP contribution < -0.4 is 5.43 Å². The number of nitrogens with zero attached hydrogens (tertiary/aromatic N) is 4. The molecule has 0 aliphatic carbocycles. The number of nitro groups is 1. The summed E-state index contributed by atoms with van der Waals surface area (Å²) >= 11 is 3.32. The normalized spacial score (nSPS) is 10.8. The van der Waals surface area contributed by atoms with Crippen molar-refractivity contribution < 1.29 is 9.72 Å². The van der Waals surface area contributed by atoms with Gasteiger partial charge in [-0.25, -0.2) is 15.0 Å². The maximum Gasteiger partial charge on any atom is 0.343 e. The van der Waals surface area contributed by atoms with Crippen molar-refractivity contribution in [1.29, 1.82) is 0 Å². The number of aryl methyl sites for hydroxylation is 1. The summed E-state index contributed by atoms with van der Waals surface area (Å²) in [6.45, 7) is 1.37. The minimum Gasteiger partial charge on any atom is -0.358 e. The number of rotatable bonds is 5. The number of hydrogen-bond acceptors (Lipinski definition) is 5. The topological polar surface area (TPSA) is 102 Å². The first-order chi connectivity index (χ1) is 10.5. The highest BCUT2D eigenvalue weighted by Gasteiger charge is 2.19. The highest BCUT2D eigenvalue weighted by molar-refractivity contribution is 9.10. The Morgan fingerprint density at radius 2 is 2.18 bits per heavy atom. The fourth-order valence-corrected chi connectivity index (χ4v) is 1.97. The van der Waals surface area contributed by atoms with Gasteiger partial charge in [0.2, 0.25) is 0 Å². The molecule has 1 aromatic heterocycles. The summed E-state index contributed by atoms with van der Waals surface area (Å²) in [5.74, 6) is -0.319. The van der Waals surface area contributed by atoms with Crippen LogP contribution in [0.1, 0.15) is 11.4 Å². The molecule has 0 atom stereocenters. The van der Waals surface area contributed by atoms with E-state index in [1.807, 2.05) is 24.3 Å². The van der Waals surface area contributed by atoms with Gasteiger partial charge in [0, 0.05) is 11.4 Å². The Bertz CT molecular complexity index is 724. The van der Waals surface area contributed by atoms with Crippen molar-refractivity contribution in [3.63, 3.8) is 0 Å². The third-order valence-corrected chi connectivity index (χ3v) is 3.32. The van der Waals surface area contributed by atoms with E-state index in [1.54, 1.807) is 6.92 Å². The molecular weight excluding hydrogens is 354 g/mol. The predicted octanol–water partition coefficient (Wildman–Crippen LogP) is 2.01. The molecule has 0 aliphatic rings. The third kappa shape index (κ3) is 3.98. The van der Waals surface area contributed by atoms with E-state index in [2.05, 4.69) is 31.4 Å². The molecule has 0 aliphatic heterocycles. The SMILES string of the molecule is Cc1ncc([N+](=O)[O-])n1CC(=O)N/N=C/c1ccc(Br)cc1. The summed E-state index contributed by atoms with van der Waals surface area (Å²) in [6, 6.07) is 7.35. The Balaban J connectivity index is 1.97. The number of amides is 1. The Morgan fingerprint density at radius 3 is 2.82 bits per heavy atom. The molecule has 114 valence electrons. The second-order valence-electron chi connectivity index (χ2n) is 4.35. The van der Waals surface area contributed by atoms with Crippen molar-refractivity contribution in [2.24, 2.45) is 5.10 Å². The standard InChI is InChI=1S/C13H12BrN5O3/c1-9-15-7-13(19(21)22)18(9)8-12(20)17-16-6-10-2-4-11(14)5-3-10/h2-7H,8H2,1H3,(H,17,20)/b16-6+. The summed E-state index contributed by atoms with van der Waals surface area (Å²) < 4.78 is 2.15. The van der Waals surface area contributed by atoms with Crippen molar-refractivity contribution in [1.82, 2.24) is 15.0 Å². The van der Waals surface area contributed by atoms with Crippen LogP contribution >= 0.6 is 15.9 Å². The summed E-state index contributed by atoms with van der Waals surface area (Å²) in [4.78, 5) is 25.8. The Hall–Kier alpha value is -2.55. The van der Waals surface area contributed by atoms with Crippen molar-refractivity contribution in [2.45, 2.75) is 13.5 Å². The highest BCUT2D eigenvalue weighted by Crippen LogP contribution is 2.13. The van der Waals surface area contributed by atoms with E-state index in [0.717, 1.165) is 16.2 Å². The number of benzene rings is 1. The van der Waals surface area contributed by atoms with Crippen LogP contribution in [0.25, 0.3) is 0 Å². The van der Waals surface area contributed by atoms with Crippen LogP contribution in [0.4, 0.5) is 5.82 Å². The van der Waals surface area contributed by atoms with E-state index in [9.17, 15) is 14.9 Å².